The van der Waals surface area contributed by atoms with Crippen LogP contribution < -0.4 is 32.7 Å². The van der Waals surface area contributed by atoms with Gasteiger partial charge in [0.15, 0.2) is 0 Å². The first kappa shape index (κ1) is 29.3. The average molecular weight is 459 g/mol. The second-order valence-electron chi connectivity index (χ2n) is 8.16. The van der Waals surface area contributed by atoms with E-state index in [1.165, 1.54) is 20.8 Å². The molecule has 32 heavy (non-hydrogen) atoms. The standard InChI is InChI=1S/C20H38N6O6/c1-10(2)15(20(31)32)26-19(30)14(8-6-7-9-21)25-18(29)13(5)24-17(28)12(4)23-16(27)11(3)22/h10-15H,6-9,21-22H2,1-5H3,(H,23,27)(H,24,28)(H,25,29)(H,26,30)(H,31,32). The van der Waals surface area contributed by atoms with Crippen LogP contribution in [0.4, 0.5) is 0 Å². The van der Waals surface area contributed by atoms with Crippen molar-refractivity contribution in [1.29, 1.82) is 0 Å². The molecule has 0 fully saturated rings. The lowest BCUT2D eigenvalue weighted by Crippen LogP contribution is -2.57. The van der Waals surface area contributed by atoms with E-state index in [0.717, 1.165) is 0 Å². The van der Waals surface area contributed by atoms with E-state index in [2.05, 4.69) is 21.3 Å². The Morgan fingerprint density at radius 2 is 1.25 bits per heavy atom. The average Bonchev–Trinajstić information content (AvgIpc) is 2.69. The van der Waals surface area contributed by atoms with Crippen LogP contribution in [-0.2, 0) is 24.0 Å². The van der Waals surface area contributed by atoms with Crippen molar-refractivity contribution < 1.29 is 29.1 Å². The van der Waals surface area contributed by atoms with Gasteiger partial charge in [0, 0.05) is 0 Å². The molecule has 0 radical (unpaired) electrons. The van der Waals surface area contributed by atoms with Gasteiger partial charge in [-0.1, -0.05) is 13.8 Å². The maximum Gasteiger partial charge on any atom is 0.326 e. The second-order valence-corrected chi connectivity index (χ2v) is 8.16. The molecule has 12 nitrogen and oxygen atoms in total. The highest BCUT2D eigenvalue weighted by molar-refractivity contribution is 5.95. The zero-order valence-electron chi connectivity index (χ0n) is 19.4. The van der Waals surface area contributed by atoms with Gasteiger partial charge in [0.1, 0.15) is 24.2 Å². The van der Waals surface area contributed by atoms with E-state index in [-0.39, 0.29) is 12.3 Å². The molecule has 0 saturated heterocycles. The Labute approximate surface area is 188 Å². The molecule has 0 aliphatic carbocycles. The van der Waals surface area contributed by atoms with Crippen LogP contribution in [0.25, 0.3) is 0 Å². The Morgan fingerprint density at radius 3 is 1.69 bits per heavy atom. The summed E-state index contributed by atoms with van der Waals surface area (Å²) in [5.41, 5.74) is 10.9. The smallest absolute Gasteiger partial charge is 0.326 e. The summed E-state index contributed by atoms with van der Waals surface area (Å²) >= 11 is 0. The van der Waals surface area contributed by atoms with Gasteiger partial charge >= 0.3 is 5.97 Å². The van der Waals surface area contributed by atoms with Crippen LogP contribution in [0.5, 0.6) is 0 Å². The molecule has 0 aliphatic heterocycles. The Kier molecular flexibility index (Phi) is 13.1. The van der Waals surface area contributed by atoms with Gasteiger partial charge in [0.2, 0.25) is 23.6 Å². The summed E-state index contributed by atoms with van der Waals surface area (Å²) in [6, 6.07) is -4.83. The van der Waals surface area contributed by atoms with Gasteiger partial charge in [-0.3, -0.25) is 19.2 Å². The van der Waals surface area contributed by atoms with Crippen molar-refractivity contribution in [3.05, 3.63) is 0 Å². The fraction of sp³-hybridized carbons (Fsp3) is 0.750. The lowest BCUT2D eigenvalue weighted by atomic mass is 10.0. The molecule has 12 heteroatoms. The summed E-state index contributed by atoms with van der Waals surface area (Å²) in [6.07, 6.45) is 1.41. The highest BCUT2D eigenvalue weighted by Crippen LogP contribution is 2.06. The number of amides is 4. The molecule has 0 saturated carbocycles. The minimum atomic E-state index is -1.18. The quantitative estimate of drug-likeness (QED) is 0.147. The van der Waals surface area contributed by atoms with Crippen molar-refractivity contribution in [3.8, 4) is 0 Å². The molecular weight excluding hydrogens is 420 g/mol. The fourth-order valence-electron chi connectivity index (χ4n) is 2.64. The van der Waals surface area contributed by atoms with Crippen LogP contribution in [0.15, 0.2) is 0 Å². The highest BCUT2D eigenvalue weighted by Gasteiger charge is 2.30. The normalized spacial score (nSPS) is 15.6. The predicted octanol–water partition coefficient (Wildman–Crippen LogP) is -1.82. The lowest BCUT2D eigenvalue weighted by Gasteiger charge is -2.25. The molecule has 0 rings (SSSR count). The van der Waals surface area contributed by atoms with Gasteiger partial charge in [0.05, 0.1) is 6.04 Å². The largest absolute Gasteiger partial charge is 0.480 e. The number of hydrogen-bond donors (Lipinski definition) is 7. The number of carbonyl (C=O) groups is 5. The number of carboxylic acid groups (broad SMARTS) is 1. The number of unbranched alkanes of at least 4 members (excludes halogenated alkanes) is 1. The van der Waals surface area contributed by atoms with E-state index in [9.17, 15) is 29.1 Å². The van der Waals surface area contributed by atoms with Gasteiger partial charge in [-0.25, -0.2) is 4.79 Å². The first-order valence-electron chi connectivity index (χ1n) is 10.7. The SMILES string of the molecule is CC(N)C(=O)NC(C)C(=O)NC(C)C(=O)NC(CCCCN)C(=O)NC(C(=O)O)C(C)C. The van der Waals surface area contributed by atoms with Crippen LogP contribution >= 0.6 is 0 Å². The van der Waals surface area contributed by atoms with Gasteiger partial charge in [0.25, 0.3) is 0 Å². The van der Waals surface area contributed by atoms with Crippen molar-refractivity contribution >= 4 is 29.6 Å². The van der Waals surface area contributed by atoms with E-state index in [1.807, 2.05) is 0 Å². The number of rotatable bonds is 14. The summed E-state index contributed by atoms with van der Waals surface area (Å²) in [4.78, 5) is 60.5. The fourth-order valence-corrected chi connectivity index (χ4v) is 2.64. The van der Waals surface area contributed by atoms with Crippen LogP contribution in [0.2, 0.25) is 0 Å². The van der Waals surface area contributed by atoms with Crippen molar-refractivity contribution in [2.75, 3.05) is 6.54 Å². The van der Waals surface area contributed by atoms with E-state index in [0.29, 0.717) is 19.4 Å². The first-order chi connectivity index (χ1) is 14.8. The molecule has 9 N–H and O–H groups in total. The Bertz CT molecular complexity index is 669. The van der Waals surface area contributed by atoms with Crippen LogP contribution in [-0.4, -0.2) is 71.5 Å². The number of nitrogens with two attached hydrogens (primary N) is 2. The molecule has 0 aliphatic rings. The van der Waals surface area contributed by atoms with E-state index in [1.54, 1.807) is 13.8 Å². The lowest BCUT2D eigenvalue weighted by molar-refractivity contribution is -0.143. The number of carboxylic acids is 1. The minimum Gasteiger partial charge on any atom is -0.480 e. The van der Waals surface area contributed by atoms with E-state index < -0.39 is 59.8 Å². The molecule has 0 spiro atoms. The molecule has 184 valence electrons. The Balaban J connectivity index is 5.11. The number of hydrogen-bond acceptors (Lipinski definition) is 7. The van der Waals surface area contributed by atoms with E-state index in [4.69, 9.17) is 11.5 Å². The topological polar surface area (TPSA) is 206 Å². The summed E-state index contributed by atoms with van der Waals surface area (Å²) in [7, 11) is 0. The van der Waals surface area contributed by atoms with Crippen LogP contribution in [0, 0.1) is 5.92 Å². The molecule has 5 unspecified atom stereocenters. The third kappa shape index (κ3) is 10.5. The van der Waals surface area contributed by atoms with Gasteiger partial charge in [-0.2, -0.15) is 0 Å². The number of aliphatic carboxylic acids is 1. The van der Waals surface area contributed by atoms with E-state index >= 15 is 0 Å². The molecule has 0 aromatic carbocycles. The predicted molar refractivity (Wildman–Crippen MR) is 118 cm³/mol. The molecule has 0 aromatic heterocycles. The second kappa shape index (κ2) is 14.4. The molecular formula is C20H38N6O6. The van der Waals surface area contributed by atoms with Crippen LogP contribution in [0.3, 0.4) is 0 Å². The van der Waals surface area contributed by atoms with Gasteiger partial charge < -0.3 is 37.8 Å². The molecule has 4 amide bonds. The number of nitrogens with one attached hydrogen (secondary N) is 4. The highest BCUT2D eigenvalue weighted by atomic mass is 16.4. The minimum absolute atomic E-state index is 0.251. The maximum atomic E-state index is 12.7. The Hall–Kier alpha value is -2.73. The van der Waals surface area contributed by atoms with Gasteiger partial charge in [-0.05, 0) is 52.5 Å². The molecule has 0 heterocycles. The number of carbonyl (C=O) groups excluding carboxylic acids is 4. The van der Waals surface area contributed by atoms with Crippen molar-refractivity contribution in [1.82, 2.24) is 21.3 Å². The molecule has 0 bridgehead atoms. The third-order valence-electron chi connectivity index (χ3n) is 4.73. The summed E-state index contributed by atoms with van der Waals surface area (Å²) < 4.78 is 0. The zero-order chi connectivity index (χ0) is 25.0. The first-order valence-corrected chi connectivity index (χ1v) is 10.7. The maximum absolute atomic E-state index is 12.7. The summed E-state index contributed by atoms with van der Waals surface area (Å²) in [6.45, 7) is 8.06. The van der Waals surface area contributed by atoms with Crippen molar-refractivity contribution in [2.45, 2.75) is 84.1 Å². The van der Waals surface area contributed by atoms with Crippen LogP contribution in [0.1, 0.15) is 53.9 Å². The summed E-state index contributed by atoms with van der Waals surface area (Å²) in [5, 5.41) is 19.2. The van der Waals surface area contributed by atoms with Gasteiger partial charge in [-0.15, -0.1) is 0 Å². The molecule has 5 atom stereocenters. The zero-order valence-corrected chi connectivity index (χ0v) is 19.4. The Morgan fingerprint density at radius 1 is 0.750 bits per heavy atom. The van der Waals surface area contributed by atoms with Crippen molar-refractivity contribution in [2.24, 2.45) is 17.4 Å². The monoisotopic (exact) mass is 458 g/mol. The molecule has 0 aromatic rings. The van der Waals surface area contributed by atoms with Crippen molar-refractivity contribution in [3.63, 3.8) is 0 Å². The third-order valence-corrected chi connectivity index (χ3v) is 4.73. The summed E-state index contributed by atoms with van der Waals surface area (Å²) in [5.74, 6) is -3.91.